The van der Waals surface area contributed by atoms with Gasteiger partial charge in [-0.3, -0.25) is 13.9 Å². The fourth-order valence-electron chi connectivity index (χ4n) is 3.56. The number of aromatic hydroxyl groups is 1. The van der Waals surface area contributed by atoms with Gasteiger partial charge in [-0.25, -0.2) is 4.68 Å². The summed E-state index contributed by atoms with van der Waals surface area (Å²) in [5, 5.41) is 16.5. The van der Waals surface area contributed by atoms with E-state index in [2.05, 4.69) is 15.1 Å². The first-order chi connectivity index (χ1) is 14.4. The minimum Gasteiger partial charge on any atom is -0.506 e. The van der Waals surface area contributed by atoms with Crippen LogP contribution in [0.2, 0.25) is 0 Å². The van der Waals surface area contributed by atoms with Gasteiger partial charge in [0.1, 0.15) is 21.2 Å². The molecule has 1 saturated carbocycles. The van der Waals surface area contributed by atoms with Crippen molar-refractivity contribution in [2.75, 3.05) is 17.3 Å². The zero-order valence-corrected chi connectivity index (χ0v) is 17.5. The minimum absolute atomic E-state index is 0.0804. The van der Waals surface area contributed by atoms with E-state index in [-0.39, 0.29) is 28.6 Å². The molecule has 7 N–H and O–H groups in total. The monoisotopic (exact) mass is 447 g/mol. The summed E-state index contributed by atoms with van der Waals surface area (Å²) in [5.74, 6) is 0.178. The molecule has 158 valence electrons. The zero-order chi connectivity index (χ0) is 21.0. The largest absolute Gasteiger partial charge is 0.506 e. The molecule has 0 spiro atoms. The number of anilines is 1. The summed E-state index contributed by atoms with van der Waals surface area (Å²) in [5.41, 5.74) is 9.33. The average molecular weight is 448 g/mol. The lowest BCUT2D eigenvalue weighted by molar-refractivity contribution is 0.478. The van der Waals surface area contributed by atoms with E-state index in [1.54, 1.807) is 29.6 Å². The summed E-state index contributed by atoms with van der Waals surface area (Å²) in [6.45, 7) is 0.769. The van der Waals surface area contributed by atoms with E-state index in [1.807, 2.05) is 0 Å². The van der Waals surface area contributed by atoms with Gasteiger partial charge in [-0.15, -0.1) is 15.7 Å². The third-order valence-corrected chi connectivity index (χ3v) is 7.81. The number of benzene rings is 1. The Morgan fingerprint density at radius 2 is 2.10 bits per heavy atom. The van der Waals surface area contributed by atoms with Gasteiger partial charge in [0.05, 0.1) is 5.52 Å². The second kappa shape index (κ2) is 7.00. The molecule has 1 aliphatic carbocycles. The van der Waals surface area contributed by atoms with Gasteiger partial charge in [-0.1, -0.05) is 22.9 Å². The number of para-hydroxylation sites is 1. The van der Waals surface area contributed by atoms with E-state index in [0.29, 0.717) is 33.9 Å². The van der Waals surface area contributed by atoms with Crippen molar-refractivity contribution in [2.24, 2.45) is 16.0 Å². The molecule has 1 aromatic carbocycles. The average Bonchev–Trinajstić information content (AvgIpc) is 3.44. The summed E-state index contributed by atoms with van der Waals surface area (Å²) in [4.78, 5) is 13.6. The predicted molar refractivity (Wildman–Crippen MR) is 120 cm³/mol. The Morgan fingerprint density at radius 1 is 1.33 bits per heavy atom. The number of aromatic nitrogens is 1. The molecule has 11 heteroatoms. The second-order valence-electron chi connectivity index (χ2n) is 7.39. The van der Waals surface area contributed by atoms with Gasteiger partial charge < -0.3 is 21.6 Å². The first kappa shape index (κ1) is 19.4. The van der Waals surface area contributed by atoms with Crippen LogP contribution in [0.5, 0.6) is 5.75 Å². The maximum Gasteiger partial charge on any atom is 0.284 e. The Kier molecular flexibility index (Phi) is 4.52. The number of nitrogens with one attached hydrogen (secondary N) is 2. The number of amidine groups is 1. The summed E-state index contributed by atoms with van der Waals surface area (Å²) < 4.78 is 26.8. The predicted octanol–water partition coefficient (Wildman–Crippen LogP) is 3.08. The number of pyridine rings is 1. The topological polar surface area (TPSA) is 145 Å². The van der Waals surface area contributed by atoms with Crippen LogP contribution < -0.4 is 22.0 Å². The molecule has 2 aromatic heterocycles. The van der Waals surface area contributed by atoms with Crippen LogP contribution in [0, 0.1) is 5.92 Å². The molecule has 0 radical (unpaired) electrons. The van der Waals surface area contributed by atoms with Crippen LogP contribution in [-0.2, 0) is 6.54 Å². The van der Waals surface area contributed by atoms with E-state index >= 15 is 0 Å². The number of nitrogens with two attached hydrogens (primary N) is 1. The molecule has 30 heavy (non-hydrogen) atoms. The molecule has 5 rings (SSSR count). The van der Waals surface area contributed by atoms with Crippen LogP contribution in [0.15, 0.2) is 43.7 Å². The lowest BCUT2D eigenvalue weighted by atomic mass is 10.1. The third-order valence-electron chi connectivity index (χ3n) is 5.29. The molecule has 0 atom stereocenters. The van der Waals surface area contributed by atoms with E-state index in [9.17, 15) is 19.0 Å². The minimum atomic E-state index is -3.58. The molecular weight excluding hydrogens is 426 g/mol. The maximum atomic E-state index is 13.4. The highest BCUT2D eigenvalue weighted by molar-refractivity contribution is 8.23. The van der Waals surface area contributed by atoms with Gasteiger partial charge in [0.2, 0.25) is 0 Å². The van der Waals surface area contributed by atoms with Gasteiger partial charge in [0.15, 0.2) is 5.84 Å². The normalized spacial score (nSPS) is 18.4. The molecule has 1 fully saturated rings. The molecule has 9 nitrogen and oxygen atoms in total. The molecule has 0 amide bonds. The molecule has 1 aliphatic heterocycles. The lowest BCUT2D eigenvalue weighted by Crippen LogP contribution is -2.36. The number of hydrogen-bond donors (Lipinski definition) is 6. The highest BCUT2D eigenvalue weighted by Crippen LogP contribution is 2.59. The Hall–Kier alpha value is -2.57. The van der Waals surface area contributed by atoms with Crippen molar-refractivity contribution in [2.45, 2.75) is 24.3 Å². The Labute approximate surface area is 177 Å². The second-order valence-corrected chi connectivity index (χ2v) is 9.90. The van der Waals surface area contributed by atoms with E-state index < -0.39 is 16.3 Å². The zero-order valence-electron chi connectivity index (χ0n) is 15.8. The Bertz CT molecular complexity index is 1250. The smallest absolute Gasteiger partial charge is 0.284 e. The van der Waals surface area contributed by atoms with Crippen LogP contribution in [0.25, 0.3) is 10.9 Å². The molecular formula is C19H21N5O4S2. The highest BCUT2D eigenvalue weighted by atomic mass is 32.3. The van der Waals surface area contributed by atoms with Gasteiger partial charge in [0.25, 0.3) is 5.56 Å². The standard InChI is InChI=1S/C19H21N5O4S2/c20-7-11-9-29-18-16(11)30(27,28)23-17(22-18)14-15(25)12-3-1-2-4-13(12)24(19(14)26)21-8-10-5-6-10/h1-4,9-10,21,25,27-28H,5-8,20H2,(H,22,23). The SMILES string of the molecule is NCc1csc2c1S(O)(O)N=C(c1c(O)c3ccccc3n(NCC3CC3)c1=O)N2. The number of hydrogen-bond acceptors (Lipinski definition) is 9. The first-order valence-corrected chi connectivity index (χ1v) is 11.9. The summed E-state index contributed by atoms with van der Waals surface area (Å²) in [6.07, 6.45) is 2.23. The Morgan fingerprint density at radius 3 is 2.83 bits per heavy atom. The van der Waals surface area contributed by atoms with Crippen LogP contribution >= 0.6 is 22.1 Å². The van der Waals surface area contributed by atoms with Crippen molar-refractivity contribution in [1.82, 2.24) is 4.68 Å². The lowest BCUT2D eigenvalue weighted by Gasteiger charge is -2.33. The third kappa shape index (κ3) is 3.06. The molecule has 3 aromatic rings. The van der Waals surface area contributed by atoms with Crippen LogP contribution in [0.4, 0.5) is 5.00 Å². The van der Waals surface area contributed by atoms with Crippen molar-refractivity contribution >= 4 is 43.9 Å². The van der Waals surface area contributed by atoms with Crippen molar-refractivity contribution in [3.63, 3.8) is 0 Å². The van der Waals surface area contributed by atoms with Gasteiger partial charge in [0, 0.05) is 24.0 Å². The van der Waals surface area contributed by atoms with Crippen molar-refractivity contribution in [1.29, 1.82) is 0 Å². The van der Waals surface area contributed by atoms with Crippen LogP contribution in [0.1, 0.15) is 24.0 Å². The number of nitrogens with zero attached hydrogens (tertiary/aromatic N) is 2. The van der Waals surface area contributed by atoms with Crippen molar-refractivity contribution < 1.29 is 14.2 Å². The molecule has 2 aliphatic rings. The van der Waals surface area contributed by atoms with Crippen LogP contribution in [0.3, 0.4) is 0 Å². The number of rotatable bonds is 5. The van der Waals surface area contributed by atoms with Gasteiger partial charge >= 0.3 is 0 Å². The first-order valence-electron chi connectivity index (χ1n) is 9.47. The van der Waals surface area contributed by atoms with E-state index in [4.69, 9.17) is 5.73 Å². The molecule has 0 bridgehead atoms. The van der Waals surface area contributed by atoms with E-state index in [0.717, 1.165) is 12.8 Å². The molecule has 3 heterocycles. The highest BCUT2D eigenvalue weighted by Gasteiger charge is 2.33. The molecule has 0 unspecified atom stereocenters. The molecule has 0 saturated heterocycles. The summed E-state index contributed by atoms with van der Waals surface area (Å²) in [6, 6.07) is 6.99. The van der Waals surface area contributed by atoms with Crippen LogP contribution in [-0.4, -0.2) is 31.3 Å². The number of fused-ring (bicyclic) bond motifs is 2. The quantitative estimate of drug-likeness (QED) is 0.352. The maximum absolute atomic E-state index is 13.4. The van der Waals surface area contributed by atoms with E-state index in [1.165, 1.54) is 16.0 Å². The summed E-state index contributed by atoms with van der Waals surface area (Å²) in [7, 11) is -3.58. The fourth-order valence-corrected chi connectivity index (χ4v) is 6.26. The number of thiophene rings is 1. The Balaban J connectivity index is 1.69. The summed E-state index contributed by atoms with van der Waals surface area (Å²) >= 11 is 1.24. The van der Waals surface area contributed by atoms with Gasteiger partial charge in [-0.2, -0.15) is 0 Å². The van der Waals surface area contributed by atoms with Crippen molar-refractivity contribution in [3.8, 4) is 5.75 Å². The van der Waals surface area contributed by atoms with Gasteiger partial charge in [-0.05, 0) is 36.3 Å². The van der Waals surface area contributed by atoms with Crippen molar-refractivity contribution in [3.05, 3.63) is 51.1 Å². The fraction of sp³-hybridized carbons (Fsp3) is 0.263.